The van der Waals surface area contributed by atoms with Crippen molar-refractivity contribution in [1.29, 1.82) is 0 Å². The van der Waals surface area contributed by atoms with Gasteiger partial charge in [-0.3, -0.25) is 4.79 Å². The molecule has 0 spiro atoms. The van der Waals surface area contributed by atoms with Gasteiger partial charge < -0.3 is 10.2 Å². The first-order valence-electron chi connectivity index (χ1n) is 9.97. The third kappa shape index (κ3) is 5.01. The van der Waals surface area contributed by atoms with Crippen LogP contribution in [0.2, 0.25) is 0 Å². The standard InChI is InChI=1S/C22H19F4N5O/c23-16-5-3-14(4-6-16)12-20(32)31-11-1-2-18(31)17-8-10-28-21(29-17)30-19-13-15(7-9-27-19)22(24,25)26/h3-10,13,18H,1-2,11-12H2,(H,27,28,29,30). The summed E-state index contributed by atoms with van der Waals surface area (Å²) in [4.78, 5) is 26.9. The van der Waals surface area contributed by atoms with Gasteiger partial charge in [-0.05, 0) is 48.7 Å². The number of rotatable bonds is 5. The summed E-state index contributed by atoms with van der Waals surface area (Å²) in [6.45, 7) is 0.562. The molecule has 1 saturated heterocycles. The number of amides is 1. The van der Waals surface area contributed by atoms with E-state index in [4.69, 9.17) is 0 Å². The molecular weight excluding hydrogens is 426 g/mol. The van der Waals surface area contributed by atoms with Crippen molar-refractivity contribution in [2.24, 2.45) is 0 Å². The summed E-state index contributed by atoms with van der Waals surface area (Å²) < 4.78 is 51.9. The molecule has 32 heavy (non-hydrogen) atoms. The highest BCUT2D eigenvalue weighted by Gasteiger charge is 2.32. The number of alkyl halides is 3. The van der Waals surface area contributed by atoms with Gasteiger partial charge in [0, 0.05) is 18.9 Å². The molecule has 2 aromatic heterocycles. The van der Waals surface area contributed by atoms with Gasteiger partial charge in [-0.15, -0.1) is 0 Å². The van der Waals surface area contributed by atoms with Gasteiger partial charge >= 0.3 is 6.18 Å². The summed E-state index contributed by atoms with van der Waals surface area (Å²) in [5, 5.41) is 2.70. The number of hydrogen-bond donors (Lipinski definition) is 1. The molecule has 1 aromatic carbocycles. The minimum absolute atomic E-state index is 0.0346. The Morgan fingerprint density at radius 3 is 2.59 bits per heavy atom. The predicted octanol–water partition coefficient (Wildman–Crippen LogP) is 4.68. The molecule has 0 saturated carbocycles. The number of benzene rings is 1. The average Bonchev–Trinajstić information content (AvgIpc) is 3.25. The molecule has 1 fully saturated rings. The zero-order valence-electron chi connectivity index (χ0n) is 16.8. The van der Waals surface area contributed by atoms with E-state index in [1.165, 1.54) is 18.3 Å². The third-order valence-electron chi connectivity index (χ3n) is 5.19. The highest BCUT2D eigenvalue weighted by Crippen LogP contribution is 2.33. The number of aromatic nitrogens is 3. The molecule has 3 aromatic rings. The molecule has 166 valence electrons. The third-order valence-corrected chi connectivity index (χ3v) is 5.19. The lowest BCUT2D eigenvalue weighted by Gasteiger charge is -2.24. The summed E-state index contributed by atoms with van der Waals surface area (Å²) in [6.07, 6.45) is -0.311. The molecule has 10 heteroatoms. The molecule has 6 nitrogen and oxygen atoms in total. The summed E-state index contributed by atoms with van der Waals surface area (Å²) in [5.74, 6) is -0.414. The van der Waals surface area contributed by atoms with Crippen LogP contribution in [-0.4, -0.2) is 32.3 Å². The van der Waals surface area contributed by atoms with Gasteiger partial charge in [-0.25, -0.2) is 19.3 Å². The van der Waals surface area contributed by atoms with Crippen LogP contribution in [0.3, 0.4) is 0 Å². The van der Waals surface area contributed by atoms with E-state index in [1.54, 1.807) is 23.1 Å². The zero-order valence-corrected chi connectivity index (χ0v) is 16.8. The van der Waals surface area contributed by atoms with Crippen molar-refractivity contribution >= 4 is 17.7 Å². The van der Waals surface area contributed by atoms with Crippen molar-refractivity contribution in [3.05, 3.63) is 77.5 Å². The van der Waals surface area contributed by atoms with Crippen molar-refractivity contribution in [3.63, 3.8) is 0 Å². The SMILES string of the molecule is O=C(Cc1ccc(F)cc1)N1CCCC1c1ccnc(Nc2cc(C(F)(F)F)ccn2)n1. The number of halogens is 4. The van der Waals surface area contributed by atoms with Gasteiger partial charge in [0.2, 0.25) is 11.9 Å². The van der Waals surface area contributed by atoms with Crippen LogP contribution >= 0.6 is 0 Å². The second kappa shape index (κ2) is 8.89. The van der Waals surface area contributed by atoms with Crippen molar-refractivity contribution < 1.29 is 22.4 Å². The van der Waals surface area contributed by atoms with Crippen LogP contribution in [0.5, 0.6) is 0 Å². The lowest BCUT2D eigenvalue weighted by atomic mass is 10.1. The van der Waals surface area contributed by atoms with Crippen LogP contribution in [0.1, 0.15) is 35.7 Å². The van der Waals surface area contributed by atoms with Gasteiger partial charge in [-0.2, -0.15) is 13.2 Å². The monoisotopic (exact) mass is 445 g/mol. The molecule has 0 bridgehead atoms. The van der Waals surface area contributed by atoms with E-state index in [-0.39, 0.29) is 36.0 Å². The van der Waals surface area contributed by atoms with E-state index < -0.39 is 11.7 Å². The second-order valence-corrected chi connectivity index (χ2v) is 7.41. The Morgan fingerprint density at radius 2 is 1.84 bits per heavy atom. The first-order valence-corrected chi connectivity index (χ1v) is 9.97. The number of likely N-dealkylation sites (tertiary alicyclic amines) is 1. The fourth-order valence-electron chi connectivity index (χ4n) is 3.66. The Balaban J connectivity index is 1.49. The predicted molar refractivity (Wildman–Crippen MR) is 108 cm³/mol. The second-order valence-electron chi connectivity index (χ2n) is 7.41. The Labute approximate surface area is 181 Å². The Bertz CT molecular complexity index is 1100. The van der Waals surface area contributed by atoms with Crippen LogP contribution in [-0.2, 0) is 17.4 Å². The van der Waals surface area contributed by atoms with Crippen molar-refractivity contribution in [2.75, 3.05) is 11.9 Å². The maximum atomic E-state index is 13.1. The quantitative estimate of drug-likeness (QED) is 0.578. The van der Waals surface area contributed by atoms with Crippen LogP contribution < -0.4 is 5.32 Å². The Hall–Kier alpha value is -3.56. The lowest BCUT2D eigenvalue weighted by Crippen LogP contribution is -2.32. The number of anilines is 2. The molecule has 1 unspecified atom stereocenters. The number of carbonyl (C=O) groups excluding carboxylic acids is 1. The molecule has 1 aliphatic rings. The van der Waals surface area contributed by atoms with Gasteiger partial charge in [-0.1, -0.05) is 12.1 Å². The number of nitrogens with zero attached hydrogens (tertiary/aromatic N) is 4. The minimum Gasteiger partial charge on any atom is -0.334 e. The van der Waals surface area contributed by atoms with Gasteiger partial charge in [0.15, 0.2) is 0 Å². The maximum Gasteiger partial charge on any atom is 0.416 e. The topological polar surface area (TPSA) is 71.0 Å². The molecule has 1 atom stereocenters. The molecule has 1 N–H and O–H groups in total. The fourth-order valence-corrected chi connectivity index (χ4v) is 3.66. The number of nitrogens with one attached hydrogen (secondary N) is 1. The first-order chi connectivity index (χ1) is 15.3. The number of pyridine rings is 1. The van der Waals surface area contributed by atoms with Gasteiger partial charge in [0.05, 0.1) is 23.7 Å². The van der Waals surface area contributed by atoms with E-state index in [0.29, 0.717) is 24.2 Å². The van der Waals surface area contributed by atoms with E-state index >= 15 is 0 Å². The van der Waals surface area contributed by atoms with Crippen molar-refractivity contribution in [3.8, 4) is 0 Å². The first kappa shape index (κ1) is 21.7. The van der Waals surface area contributed by atoms with Gasteiger partial charge in [0.1, 0.15) is 11.6 Å². The molecule has 0 radical (unpaired) electrons. The Kier molecular flexibility index (Phi) is 6.02. The fraction of sp³-hybridized carbons (Fsp3) is 0.273. The summed E-state index contributed by atoms with van der Waals surface area (Å²) in [5.41, 5.74) is 0.460. The maximum absolute atomic E-state index is 13.1. The average molecular weight is 445 g/mol. The van der Waals surface area contributed by atoms with Crippen LogP contribution in [0.25, 0.3) is 0 Å². The zero-order chi connectivity index (χ0) is 22.7. The number of hydrogen-bond acceptors (Lipinski definition) is 5. The van der Waals surface area contributed by atoms with Gasteiger partial charge in [0.25, 0.3) is 0 Å². The van der Waals surface area contributed by atoms with Crippen LogP contribution in [0.4, 0.5) is 29.3 Å². The summed E-state index contributed by atoms with van der Waals surface area (Å²) in [6, 6.07) is 8.94. The molecule has 1 amide bonds. The molecule has 3 heterocycles. The van der Waals surface area contributed by atoms with Crippen molar-refractivity contribution in [1.82, 2.24) is 19.9 Å². The van der Waals surface area contributed by atoms with Crippen molar-refractivity contribution in [2.45, 2.75) is 31.5 Å². The molecule has 4 rings (SSSR count). The van der Waals surface area contributed by atoms with Crippen LogP contribution in [0.15, 0.2) is 54.9 Å². The molecular formula is C22H19F4N5O. The Morgan fingerprint density at radius 1 is 1.09 bits per heavy atom. The lowest BCUT2D eigenvalue weighted by molar-refractivity contribution is -0.137. The van der Waals surface area contributed by atoms with E-state index in [1.807, 2.05) is 0 Å². The normalized spacial score (nSPS) is 16.2. The molecule has 0 aliphatic carbocycles. The highest BCUT2D eigenvalue weighted by molar-refractivity contribution is 5.79. The largest absolute Gasteiger partial charge is 0.416 e. The highest BCUT2D eigenvalue weighted by atomic mass is 19.4. The van der Waals surface area contributed by atoms with Crippen LogP contribution in [0, 0.1) is 5.82 Å². The van der Waals surface area contributed by atoms with E-state index in [9.17, 15) is 22.4 Å². The smallest absolute Gasteiger partial charge is 0.334 e. The van der Waals surface area contributed by atoms with E-state index in [2.05, 4.69) is 20.3 Å². The summed E-state index contributed by atoms with van der Waals surface area (Å²) in [7, 11) is 0. The molecule has 1 aliphatic heterocycles. The number of carbonyl (C=O) groups is 1. The summed E-state index contributed by atoms with van der Waals surface area (Å²) >= 11 is 0. The minimum atomic E-state index is -4.49. The van der Waals surface area contributed by atoms with E-state index in [0.717, 1.165) is 24.8 Å².